The molecule has 7 heteroatoms. The van der Waals surface area contributed by atoms with Crippen LogP contribution in [-0.4, -0.2) is 46.8 Å². The number of guanidine groups is 1. The van der Waals surface area contributed by atoms with Gasteiger partial charge < -0.3 is 15.5 Å². The Hall–Kier alpha value is -3.35. The molecule has 1 aromatic heterocycles. The minimum Gasteiger partial charge on any atom is -0.369 e. The fourth-order valence-corrected chi connectivity index (χ4v) is 3.81. The summed E-state index contributed by atoms with van der Waals surface area (Å²) in [7, 11) is 0. The van der Waals surface area contributed by atoms with E-state index in [4.69, 9.17) is 4.99 Å². The Labute approximate surface area is 177 Å². The first kappa shape index (κ1) is 19.9. The molecule has 4 rings (SSSR count). The van der Waals surface area contributed by atoms with Gasteiger partial charge in [0.05, 0.1) is 6.54 Å². The maximum absolute atomic E-state index is 4.83. The van der Waals surface area contributed by atoms with Crippen LogP contribution in [0.4, 0.5) is 5.69 Å². The van der Waals surface area contributed by atoms with Crippen molar-refractivity contribution in [3.05, 3.63) is 66.5 Å². The number of nitrogens with one attached hydrogen (secondary N) is 3. The van der Waals surface area contributed by atoms with Crippen molar-refractivity contribution in [1.29, 1.82) is 0 Å². The molecule has 1 aliphatic rings. The van der Waals surface area contributed by atoms with Crippen molar-refractivity contribution in [3.8, 4) is 11.4 Å². The van der Waals surface area contributed by atoms with Gasteiger partial charge in [0.2, 0.25) is 0 Å². The van der Waals surface area contributed by atoms with Gasteiger partial charge in [-0.25, -0.2) is 9.98 Å². The van der Waals surface area contributed by atoms with Crippen molar-refractivity contribution in [2.24, 2.45) is 4.99 Å². The van der Waals surface area contributed by atoms with Crippen LogP contribution in [0.3, 0.4) is 0 Å². The van der Waals surface area contributed by atoms with E-state index in [1.165, 1.54) is 18.4 Å². The molecule has 0 amide bonds. The molecule has 0 bridgehead atoms. The first-order valence-corrected chi connectivity index (χ1v) is 10.6. The highest BCUT2D eigenvalue weighted by Crippen LogP contribution is 2.19. The predicted molar refractivity (Wildman–Crippen MR) is 121 cm³/mol. The van der Waals surface area contributed by atoms with Crippen molar-refractivity contribution >= 4 is 11.6 Å². The Morgan fingerprint density at radius 1 is 1.20 bits per heavy atom. The zero-order valence-corrected chi connectivity index (χ0v) is 17.4. The van der Waals surface area contributed by atoms with E-state index in [0.29, 0.717) is 12.6 Å². The number of para-hydroxylation sites is 1. The monoisotopic (exact) mass is 403 g/mol. The summed E-state index contributed by atoms with van der Waals surface area (Å²) in [5, 5.41) is 13.9. The van der Waals surface area contributed by atoms with Gasteiger partial charge in [-0.1, -0.05) is 36.4 Å². The number of hydrogen-bond acceptors (Lipinski definition) is 4. The van der Waals surface area contributed by atoms with Gasteiger partial charge in [-0.3, -0.25) is 5.10 Å². The van der Waals surface area contributed by atoms with E-state index >= 15 is 0 Å². The summed E-state index contributed by atoms with van der Waals surface area (Å²) in [4.78, 5) is 11.5. The maximum Gasteiger partial charge on any atom is 0.191 e. The minimum absolute atomic E-state index is 0.372. The van der Waals surface area contributed by atoms with E-state index in [1.807, 2.05) is 12.1 Å². The number of nitrogens with zero attached hydrogens (tertiary/aromatic N) is 4. The molecule has 1 atom stereocenters. The number of aromatic nitrogens is 3. The molecule has 2 aromatic carbocycles. The molecular weight excluding hydrogens is 374 g/mol. The third-order valence-corrected chi connectivity index (χ3v) is 5.26. The molecule has 0 saturated carbocycles. The molecule has 7 nitrogen and oxygen atoms in total. The number of hydrogen-bond donors (Lipinski definition) is 3. The van der Waals surface area contributed by atoms with Crippen LogP contribution in [0.5, 0.6) is 0 Å². The van der Waals surface area contributed by atoms with Crippen LogP contribution in [0.2, 0.25) is 0 Å². The zero-order chi connectivity index (χ0) is 20.6. The van der Waals surface area contributed by atoms with Gasteiger partial charge in [0.15, 0.2) is 11.8 Å². The minimum atomic E-state index is 0.372. The van der Waals surface area contributed by atoms with Crippen LogP contribution in [0.25, 0.3) is 11.4 Å². The molecule has 1 saturated heterocycles. The zero-order valence-electron chi connectivity index (χ0n) is 17.4. The Morgan fingerprint density at radius 2 is 2.10 bits per heavy atom. The van der Waals surface area contributed by atoms with E-state index in [9.17, 15) is 0 Å². The van der Waals surface area contributed by atoms with Crippen molar-refractivity contribution in [2.45, 2.75) is 32.4 Å². The molecule has 0 spiro atoms. The number of aliphatic imine (C=N–C) groups is 1. The number of piperidine rings is 1. The number of aromatic amines is 1. The highest BCUT2D eigenvalue weighted by Gasteiger charge is 2.20. The highest BCUT2D eigenvalue weighted by molar-refractivity contribution is 5.80. The number of benzene rings is 2. The van der Waals surface area contributed by atoms with Crippen LogP contribution in [0, 0.1) is 0 Å². The first-order chi connectivity index (χ1) is 14.8. The van der Waals surface area contributed by atoms with E-state index in [2.05, 4.69) is 80.1 Å². The molecule has 1 aliphatic heterocycles. The molecule has 2 heterocycles. The summed E-state index contributed by atoms with van der Waals surface area (Å²) in [6, 6.07) is 19.3. The molecule has 1 unspecified atom stereocenters. The normalized spacial score (nSPS) is 17.0. The summed E-state index contributed by atoms with van der Waals surface area (Å²) in [5.41, 5.74) is 3.44. The van der Waals surface area contributed by atoms with E-state index in [1.54, 1.807) is 0 Å². The van der Waals surface area contributed by atoms with Gasteiger partial charge in [-0.15, -0.1) is 0 Å². The molecule has 0 aliphatic carbocycles. The standard InChI is InChI=1S/C23H29N7/c1-2-24-23(25-15-18-8-6-9-19(14-18)22-26-17-27-29-22)28-20-10-7-13-30(16-20)21-11-4-3-5-12-21/h3-6,8-9,11-12,14,17,20H,2,7,10,13,15-16H2,1H3,(H2,24,25,28)(H,26,27,29). The van der Waals surface area contributed by atoms with Crippen molar-refractivity contribution in [2.75, 3.05) is 24.5 Å². The lowest BCUT2D eigenvalue weighted by atomic mass is 10.0. The summed E-state index contributed by atoms with van der Waals surface area (Å²) in [6.45, 7) is 5.62. The summed E-state index contributed by atoms with van der Waals surface area (Å²) >= 11 is 0. The van der Waals surface area contributed by atoms with Crippen molar-refractivity contribution in [1.82, 2.24) is 25.8 Å². The SMILES string of the molecule is CCNC(=NCc1cccc(-c2ncn[nH]2)c1)NC1CCCN(c2ccccc2)C1. The smallest absolute Gasteiger partial charge is 0.191 e. The number of anilines is 1. The van der Waals surface area contributed by atoms with Gasteiger partial charge in [0.1, 0.15) is 6.33 Å². The lowest BCUT2D eigenvalue weighted by Gasteiger charge is -2.35. The fraction of sp³-hybridized carbons (Fsp3) is 0.348. The van der Waals surface area contributed by atoms with Crippen LogP contribution in [-0.2, 0) is 6.54 Å². The Bertz CT molecular complexity index is 937. The quantitative estimate of drug-likeness (QED) is 0.435. The van der Waals surface area contributed by atoms with Gasteiger partial charge in [0, 0.05) is 36.9 Å². The number of rotatable bonds is 6. The van der Waals surface area contributed by atoms with E-state index in [0.717, 1.165) is 49.0 Å². The third kappa shape index (κ3) is 5.17. The second-order valence-corrected chi connectivity index (χ2v) is 7.49. The van der Waals surface area contributed by atoms with Crippen LogP contribution in [0.1, 0.15) is 25.3 Å². The average Bonchev–Trinajstić information content (AvgIpc) is 3.34. The van der Waals surface area contributed by atoms with Gasteiger partial charge in [-0.2, -0.15) is 5.10 Å². The van der Waals surface area contributed by atoms with Gasteiger partial charge >= 0.3 is 0 Å². The molecule has 0 radical (unpaired) electrons. The average molecular weight is 404 g/mol. The largest absolute Gasteiger partial charge is 0.369 e. The lowest BCUT2D eigenvalue weighted by Crippen LogP contribution is -2.51. The third-order valence-electron chi connectivity index (χ3n) is 5.26. The topological polar surface area (TPSA) is 81.2 Å². The molecule has 156 valence electrons. The molecular formula is C23H29N7. The Kier molecular flexibility index (Phi) is 6.59. The maximum atomic E-state index is 4.83. The molecule has 30 heavy (non-hydrogen) atoms. The van der Waals surface area contributed by atoms with E-state index < -0.39 is 0 Å². The highest BCUT2D eigenvalue weighted by atomic mass is 15.2. The molecule has 3 N–H and O–H groups in total. The lowest BCUT2D eigenvalue weighted by molar-refractivity contribution is 0.468. The summed E-state index contributed by atoms with van der Waals surface area (Å²) in [5.74, 6) is 1.64. The second kappa shape index (κ2) is 9.91. The van der Waals surface area contributed by atoms with Crippen molar-refractivity contribution < 1.29 is 0 Å². The fourth-order valence-electron chi connectivity index (χ4n) is 3.81. The van der Waals surface area contributed by atoms with Gasteiger partial charge in [-0.05, 0) is 43.5 Å². The summed E-state index contributed by atoms with van der Waals surface area (Å²) in [6.07, 6.45) is 3.84. The Morgan fingerprint density at radius 3 is 2.90 bits per heavy atom. The molecule has 3 aromatic rings. The van der Waals surface area contributed by atoms with Crippen molar-refractivity contribution in [3.63, 3.8) is 0 Å². The second-order valence-electron chi connectivity index (χ2n) is 7.49. The predicted octanol–water partition coefficient (Wildman–Crippen LogP) is 3.20. The van der Waals surface area contributed by atoms with Crippen LogP contribution in [0.15, 0.2) is 65.9 Å². The molecule has 1 fully saturated rings. The Balaban J connectivity index is 1.41. The van der Waals surface area contributed by atoms with E-state index in [-0.39, 0.29) is 0 Å². The van der Waals surface area contributed by atoms with Crippen LogP contribution < -0.4 is 15.5 Å². The van der Waals surface area contributed by atoms with Gasteiger partial charge in [0.25, 0.3) is 0 Å². The van der Waals surface area contributed by atoms with Crippen LogP contribution >= 0.6 is 0 Å². The number of H-pyrrole nitrogens is 1. The first-order valence-electron chi connectivity index (χ1n) is 10.6. The summed E-state index contributed by atoms with van der Waals surface area (Å²) < 4.78 is 0.